The van der Waals surface area contributed by atoms with Crippen LogP contribution in [0.15, 0.2) is 33.2 Å². The Labute approximate surface area is 162 Å². The van der Waals surface area contributed by atoms with Gasteiger partial charge in [0.2, 0.25) is 5.75 Å². The molecule has 1 aliphatic heterocycles. The number of anilines is 1. The molecule has 1 unspecified atom stereocenters. The van der Waals surface area contributed by atoms with Gasteiger partial charge in [-0.15, -0.1) is 0 Å². The lowest BCUT2D eigenvalue weighted by Crippen LogP contribution is -2.23. The first-order valence-corrected chi connectivity index (χ1v) is 9.15. The van der Waals surface area contributed by atoms with E-state index in [-0.39, 0.29) is 11.8 Å². The summed E-state index contributed by atoms with van der Waals surface area (Å²) in [5.41, 5.74) is 2.35. The number of rotatable bonds is 4. The second-order valence-electron chi connectivity index (χ2n) is 5.59. The van der Waals surface area contributed by atoms with Gasteiger partial charge in [-0.1, -0.05) is 15.9 Å². The van der Waals surface area contributed by atoms with Gasteiger partial charge in [-0.2, -0.15) is 0 Å². The lowest BCUT2D eigenvalue weighted by Gasteiger charge is -2.28. The molecule has 1 atom stereocenters. The molecular formula is C18H17Br2NO4. The van der Waals surface area contributed by atoms with Gasteiger partial charge in [0.25, 0.3) is 0 Å². The van der Waals surface area contributed by atoms with Gasteiger partial charge in [0, 0.05) is 20.9 Å². The van der Waals surface area contributed by atoms with Crippen LogP contribution < -0.4 is 19.5 Å². The molecule has 0 saturated heterocycles. The van der Waals surface area contributed by atoms with Crippen LogP contribution in [0.3, 0.4) is 0 Å². The van der Waals surface area contributed by atoms with Gasteiger partial charge < -0.3 is 19.5 Å². The topological polar surface area (TPSA) is 56.8 Å². The zero-order valence-corrected chi connectivity index (χ0v) is 17.2. The average Bonchev–Trinajstić information content (AvgIpc) is 2.61. The summed E-state index contributed by atoms with van der Waals surface area (Å²) in [5, 5.41) is 3.44. The van der Waals surface area contributed by atoms with Crippen LogP contribution in [0, 0.1) is 0 Å². The van der Waals surface area contributed by atoms with E-state index in [1.807, 2.05) is 24.3 Å². The zero-order valence-electron chi connectivity index (χ0n) is 14.0. The molecule has 0 bridgehead atoms. The summed E-state index contributed by atoms with van der Waals surface area (Å²) >= 11 is 6.95. The molecule has 0 radical (unpaired) electrons. The molecule has 1 N–H and O–H groups in total. The standard InChI is InChI=1S/C18H17Br2NO4/c1-23-15-4-9(5-16(24-2)18(15)25-3)13-8-14(22)11-6-10(19)7-12(20)17(11)21-13/h4-7,13,21H,8H2,1-3H3. The fourth-order valence-electron chi connectivity index (χ4n) is 2.96. The normalized spacial score (nSPS) is 16.0. The second kappa shape index (κ2) is 7.25. The van der Waals surface area contributed by atoms with Gasteiger partial charge in [0.05, 0.1) is 33.1 Å². The highest BCUT2D eigenvalue weighted by Crippen LogP contribution is 2.44. The van der Waals surface area contributed by atoms with Gasteiger partial charge in [-0.25, -0.2) is 0 Å². The number of fused-ring (bicyclic) bond motifs is 1. The molecule has 1 heterocycles. The molecule has 7 heteroatoms. The number of hydrogen-bond acceptors (Lipinski definition) is 5. The van der Waals surface area contributed by atoms with E-state index in [9.17, 15) is 4.79 Å². The highest BCUT2D eigenvalue weighted by Gasteiger charge is 2.29. The predicted molar refractivity (Wildman–Crippen MR) is 103 cm³/mol. The van der Waals surface area contributed by atoms with Crippen LogP contribution >= 0.6 is 31.9 Å². The summed E-state index contributed by atoms with van der Waals surface area (Å²) in [6, 6.07) is 7.29. The number of carbonyl (C=O) groups is 1. The van der Waals surface area contributed by atoms with Crippen molar-refractivity contribution < 1.29 is 19.0 Å². The molecular weight excluding hydrogens is 454 g/mol. The smallest absolute Gasteiger partial charge is 0.203 e. The van der Waals surface area contributed by atoms with Gasteiger partial charge in [-0.05, 0) is 45.8 Å². The Morgan fingerprint density at radius 1 is 1.00 bits per heavy atom. The Morgan fingerprint density at radius 3 is 2.20 bits per heavy atom. The minimum absolute atomic E-state index is 0.0782. The Morgan fingerprint density at radius 2 is 1.64 bits per heavy atom. The number of ether oxygens (including phenoxy) is 3. The monoisotopic (exact) mass is 469 g/mol. The van der Waals surface area contributed by atoms with Crippen molar-refractivity contribution in [1.82, 2.24) is 0 Å². The maximum atomic E-state index is 12.6. The van der Waals surface area contributed by atoms with Crippen molar-refractivity contribution in [3.63, 3.8) is 0 Å². The number of benzene rings is 2. The number of hydrogen-bond donors (Lipinski definition) is 1. The van der Waals surface area contributed by atoms with Crippen LogP contribution in [-0.2, 0) is 0 Å². The van der Waals surface area contributed by atoms with Crippen molar-refractivity contribution in [3.8, 4) is 17.2 Å². The number of carbonyl (C=O) groups excluding carboxylic acids is 1. The number of halogens is 2. The van der Waals surface area contributed by atoms with Crippen molar-refractivity contribution in [1.29, 1.82) is 0 Å². The molecule has 0 spiro atoms. The van der Waals surface area contributed by atoms with Crippen molar-refractivity contribution in [2.45, 2.75) is 12.5 Å². The van der Waals surface area contributed by atoms with Gasteiger partial charge in [0.1, 0.15) is 0 Å². The number of ketones is 1. The van der Waals surface area contributed by atoms with E-state index in [4.69, 9.17) is 14.2 Å². The average molecular weight is 471 g/mol. The van der Waals surface area contributed by atoms with E-state index >= 15 is 0 Å². The van der Waals surface area contributed by atoms with Crippen LogP contribution in [0.2, 0.25) is 0 Å². The summed E-state index contributed by atoms with van der Waals surface area (Å²) < 4.78 is 17.9. The summed E-state index contributed by atoms with van der Waals surface area (Å²) in [6.45, 7) is 0. The molecule has 0 aromatic heterocycles. The first-order valence-electron chi connectivity index (χ1n) is 7.57. The second-order valence-corrected chi connectivity index (χ2v) is 7.36. The highest BCUT2D eigenvalue weighted by atomic mass is 79.9. The maximum absolute atomic E-state index is 12.6. The fraction of sp³-hybridized carbons (Fsp3) is 0.278. The molecule has 1 aliphatic rings. The lowest BCUT2D eigenvalue weighted by molar-refractivity contribution is 0.0972. The third-order valence-corrected chi connectivity index (χ3v) is 5.24. The van der Waals surface area contributed by atoms with Crippen LogP contribution in [0.5, 0.6) is 17.2 Å². The summed E-state index contributed by atoms with van der Waals surface area (Å²) in [4.78, 5) is 12.6. The first kappa shape index (κ1) is 18.1. The van der Waals surface area contributed by atoms with Crippen molar-refractivity contribution in [3.05, 3.63) is 44.3 Å². The van der Waals surface area contributed by atoms with Crippen LogP contribution in [-0.4, -0.2) is 27.1 Å². The van der Waals surface area contributed by atoms with E-state index in [1.54, 1.807) is 21.3 Å². The van der Waals surface area contributed by atoms with Crippen LogP contribution in [0.25, 0.3) is 0 Å². The summed E-state index contributed by atoms with van der Waals surface area (Å²) in [7, 11) is 4.71. The minimum Gasteiger partial charge on any atom is -0.493 e. The predicted octanol–water partition coefficient (Wildman–Crippen LogP) is 4.98. The van der Waals surface area contributed by atoms with E-state index in [0.717, 1.165) is 20.2 Å². The SMILES string of the molecule is COc1cc(C2CC(=O)c3cc(Br)cc(Br)c3N2)cc(OC)c1OC. The maximum Gasteiger partial charge on any atom is 0.203 e. The highest BCUT2D eigenvalue weighted by molar-refractivity contribution is 9.11. The quantitative estimate of drug-likeness (QED) is 0.683. The Kier molecular flexibility index (Phi) is 5.24. The Bertz CT molecular complexity index is 813. The molecule has 5 nitrogen and oxygen atoms in total. The molecule has 0 fully saturated rings. The van der Waals surface area contributed by atoms with E-state index in [1.165, 1.54) is 0 Å². The van der Waals surface area contributed by atoms with Gasteiger partial charge in [0.15, 0.2) is 17.3 Å². The molecule has 25 heavy (non-hydrogen) atoms. The fourth-order valence-corrected chi connectivity index (χ4v) is 4.30. The molecule has 2 aromatic rings. The third kappa shape index (κ3) is 3.35. The largest absolute Gasteiger partial charge is 0.493 e. The zero-order chi connectivity index (χ0) is 18.1. The lowest BCUT2D eigenvalue weighted by atomic mass is 9.92. The van der Waals surface area contributed by atoms with E-state index < -0.39 is 0 Å². The number of nitrogens with one attached hydrogen (secondary N) is 1. The van der Waals surface area contributed by atoms with Crippen LogP contribution in [0.4, 0.5) is 5.69 Å². The minimum atomic E-state index is -0.189. The van der Waals surface area contributed by atoms with Gasteiger partial charge >= 0.3 is 0 Å². The van der Waals surface area contributed by atoms with Crippen molar-refractivity contribution in [2.75, 3.05) is 26.6 Å². The third-order valence-electron chi connectivity index (χ3n) is 4.15. The molecule has 0 saturated carbocycles. The van der Waals surface area contributed by atoms with Gasteiger partial charge in [-0.3, -0.25) is 4.79 Å². The Hall–Kier alpha value is -1.73. The first-order chi connectivity index (χ1) is 12.0. The van der Waals surface area contributed by atoms with Crippen LogP contribution in [0.1, 0.15) is 28.4 Å². The van der Waals surface area contributed by atoms with Crippen molar-refractivity contribution >= 4 is 43.3 Å². The molecule has 0 amide bonds. The Balaban J connectivity index is 2.05. The number of Topliss-reactive ketones (excluding diaryl/α,β-unsaturated/α-hetero) is 1. The van der Waals surface area contributed by atoms with E-state index in [2.05, 4.69) is 37.2 Å². The summed E-state index contributed by atoms with van der Waals surface area (Å²) in [6.07, 6.45) is 0.342. The molecule has 132 valence electrons. The number of methoxy groups -OCH3 is 3. The molecule has 0 aliphatic carbocycles. The van der Waals surface area contributed by atoms with E-state index in [0.29, 0.717) is 29.2 Å². The molecule has 2 aromatic carbocycles. The molecule has 3 rings (SSSR count). The summed E-state index contributed by atoms with van der Waals surface area (Å²) in [5.74, 6) is 1.73. The van der Waals surface area contributed by atoms with Crippen molar-refractivity contribution in [2.24, 2.45) is 0 Å².